The molecule has 4 rings (SSSR count). The summed E-state index contributed by atoms with van der Waals surface area (Å²) in [7, 11) is 0. The fraction of sp³-hybridized carbons (Fsp3) is 0.250. The molecule has 21 heavy (non-hydrogen) atoms. The largest absolute Gasteiger partial charge is 0.339 e. The number of nitrogens with zero attached hydrogens (tertiary/aromatic N) is 3. The van der Waals surface area contributed by atoms with Gasteiger partial charge in [-0.1, -0.05) is 41.6 Å². The molecule has 0 unspecified atom stereocenters. The van der Waals surface area contributed by atoms with Gasteiger partial charge in [-0.15, -0.1) is 11.3 Å². The zero-order valence-corrected chi connectivity index (χ0v) is 12.3. The summed E-state index contributed by atoms with van der Waals surface area (Å²) in [5.74, 6) is 1.85. The molecule has 5 heteroatoms. The Morgan fingerprint density at radius 2 is 2.00 bits per heavy atom. The van der Waals surface area contributed by atoms with Crippen LogP contribution in [0.3, 0.4) is 0 Å². The van der Waals surface area contributed by atoms with Crippen molar-refractivity contribution >= 4 is 11.3 Å². The van der Waals surface area contributed by atoms with E-state index in [-0.39, 0.29) is 0 Å². The fourth-order valence-corrected chi connectivity index (χ4v) is 3.25. The average Bonchev–Trinajstić information content (AvgIpc) is 3.14. The Kier molecular flexibility index (Phi) is 3.29. The minimum atomic E-state index is 0.370. The van der Waals surface area contributed by atoms with Gasteiger partial charge in [-0.2, -0.15) is 4.98 Å². The van der Waals surface area contributed by atoms with Gasteiger partial charge in [-0.3, -0.25) is 4.90 Å². The van der Waals surface area contributed by atoms with Gasteiger partial charge in [-0.25, -0.2) is 0 Å². The smallest absolute Gasteiger partial charge is 0.232 e. The summed E-state index contributed by atoms with van der Waals surface area (Å²) in [6, 6.07) is 14.6. The van der Waals surface area contributed by atoms with Gasteiger partial charge in [0.05, 0.1) is 10.8 Å². The lowest BCUT2D eigenvalue weighted by Gasteiger charge is -2.37. The van der Waals surface area contributed by atoms with Crippen LogP contribution in [-0.2, 0) is 6.54 Å². The summed E-state index contributed by atoms with van der Waals surface area (Å²) < 4.78 is 5.41. The first kappa shape index (κ1) is 12.7. The van der Waals surface area contributed by atoms with Gasteiger partial charge in [-0.05, 0) is 17.0 Å². The highest BCUT2D eigenvalue weighted by molar-refractivity contribution is 7.13. The van der Waals surface area contributed by atoms with E-state index >= 15 is 0 Å². The number of aromatic nitrogens is 2. The first-order chi connectivity index (χ1) is 10.4. The van der Waals surface area contributed by atoms with Crippen LogP contribution in [0, 0.1) is 0 Å². The molecule has 1 aromatic carbocycles. The topological polar surface area (TPSA) is 42.2 Å². The van der Waals surface area contributed by atoms with Crippen molar-refractivity contribution in [2.45, 2.75) is 12.5 Å². The molecule has 3 aromatic rings. The highest BCUT2D eigenvalue weighted by atomic mass is 32.1. The van der Waals surface area contributed by atoms with Crippen LogP contribution in [0.4, 0.5) is 0 Å². The lowest BCUT2D eigenvalue weighted by molar-refractivity contribution is 0.117. The quantitative estimate of drug-likeness (QED) is 0.740. The van der Waals surface area contributed by atoms with Gasteiger partial charge >= 0.3 is 0 Å². The van der Waals surface area contributed by atoms with E-state index in [2.05, 4.69) is 39.3 Å². The zero-order valence-electron chi connectivity index (χ0n) is 11.5. The molecule has 0 atom stereocenters. The molecule has 0 amide bonds. The van der Waals surface area contributed by atoms with E-state index in [1.165, 1.54) is 5.56 Å². The van der Waals surface area contributed by atoms with Crippen molar-refractivity contribution in [1.29, 1.82) is 0 Å². The highest BCUT2D eigenvalue weighted by Crippen LogP contribution is 2.29. The molecular weight excluding hydrogens is 282 g/mol. The molecule has 0 aliphatic carbocycles. The normalized spacial score (nSPS) is 16.0. The number of benzene rings is 1. The second kappa shape index (κ2) is 5.42. The van der Waals surface area contributed by atoms with Crippen molar-refractivity contribution in [2.75, 3.05) is 13.1 Å². The molecule has 0 N–H and O–H groups in total. The summed E-state index contributed by atoms with van der Waals surface area (Å²) in [5, 5.41) is 6.10. The molecule has 1 aliphatic rings. The van der Waals surface area contributed by atoms with Gasteiger partial charge in [0.1, 0.15) is 0 Å². The van der Waals surface area contributed by atoms with Gasteiger partial charge in [0, 0.05) is 19.6 Å². The Morgan fingerprint density at radius 3 is 2.76 bits per heavy atom. The number of hydrogen-bond acceptors (Lipinski definition) is 5. The molecule has 0 bridgehead atoms. The number of thiophene rings is 1. The second-order valence-electron chi connectivity index (χ2n) is 5.31. The van der Waals surface area contributed by atoms with E-state index in [4.69, 9.17) is 4.52 Å². The maximum Gasteiger partial charge on any atom is 0.232 e. The molecule has 106 valence electrons. The van der Waals surface area contributed by atoms with Gasteiger partial charge in [0.25, 0.3) is 0 Å². The first-order valence-corrected chi connectivity index (χ1v) is 7.90. The molecule has 1 saturated heterocycles. The van der Waals surface area contributed by atoms with E-state index in [1.807, 2.05) is 23.6 Å². The maximum absolute atomic E-state index is 5.41. The highest BCUT2D eigenvalue weighted by Gasteiger charge is 2.32. The molecule has 1 aliphatic heterocycles. The van der Waals surface area contributed by atoms with E-state index in [1.54, 1.807) is 11.3 Å². The van der Waals surface area contributed by atoms with Crippen LogP contribution in [0.5, 0.6) is 0 Å². The molecule has 0 radical (unpaired) electrons. The molecule has 0 spiro atoms. The van der Waals surface area contributed by atoms with Crippen molar-refractivity contribution < 1.29 is 4.52 Å². The Balaban J connectivity index is 1.38. The summed E-state index contributed by atoms with van der Waals surface area (Å²) >= 11 is 1.63. The molecule has 0 saturated carbocycles. The van der Waals surface area contributed by atoms with Crippen molar-refractivity contribution in [3.8, 4) is 10.7 Å². The Bertz CT molecular complexity index is 702. The van der Waals surface area contributed by atoms with Crippen LogP contribution in [0.1, 0.15) is 17.4 Å². The molecular formula is C16H15N3OS. The molecule has 2 aromatic heterocycles. The molecule has 3 heterocycles. The minimum absolute atomic E-state index is 0.370. The summed E-state index contributed by atoms with van der Waals surface area (Å²) in [6.07, 6.45) is 0. The fourth-order valence-electron chi connectivity index (χ4n) is 2.60. The van der Waals surface area contributed by atoms with Gasteiger partial charge in [0.2, 0.25) is 11.7 Å². The Morgan fingerprint density at radius 1 is 1.14 bits per heavy atom. The van der Waals surface area contributed by atoms with Crippen LogP contribution >= 0.6 is 11.3 Å². The Labute approximate surface area is 127 Å². The minimum Gasteiger partial charge on any atom is -0.339 e. The van der Waals surface area contributed by atoms with Crippen molar-refractivity contribution in [1.82, 2.24) is 15.0 Å². The third kappa shape index (κ3) is 2.62. The van der Waals surface area contributed by atoms with Crippen LogP contribution in [0.15, 0.2) is 52.4 Å². The standard InChI is InChI=1S/C16H15N3OS/c1-2-5-12(6-3-1)9-19-10-13(11-19)16-17-15(18-20-16)14-7-4-8-21-14/h1-8,13H,9-11H2. The lowest BCUT2D eigenvalue weighted by atomic mass is 9.99. The van der Waals surface area contributed by atoms with Gasteiger partial charge < -0.3 is 4.52 Å². The predicted molar refractivity (Wildman–Crippen MR) is 82.1 cm³/mol. The van der Waals surface area contributed by atoms with E-state index in [9.17, 15) is 0 Å². The summed E-state index contributed by atoms with van der Waals surface area (Å²) in [6.45, 7) is 2.96. The molecule has 1 fully saturated rings. The van der Waals surface area contributed by atoms with Crippen molar-refractivity contribution in [3.05, 3.63) is 59.3 Å². The maximum atomic E-state index is 5.41. The summed E-state index contributed by atoms with van der Waals surface area (Å²) in [4.78, 5) is 7.98. The first-order valence-electron chi connectivity index (χ1n) is 7.02. The number of rotatable bonds is 4. The van der Waals surface area contributed by atoms with Crippen LogP contribution in [-0.4, -0.2) is 28.1 Å². The van der Waals surface area contributed by atoms with E-state index < -0.39 is 0 Å². The SMILES string of the molecule is c1ccc(CN2CC(c3nc(-c4cccs4)no3)C2)cc1. The Hall–Kier alpha value is -1.98. The van der Waals surface area contributed by atoms with Crippen molar-refractivity contribution in [2.24, 2.45) is 0 Å². The molecule has 4 nitrogen and oxygen atoms in total. The van der Waals surface area contributed by atoms with Crippen LogP contribution in [0.2, 0.25) is 0 Å². The zero-order chi connectivity index (χ0) is 14.1. The third-order valence-corrected chi connectivity index (χ3v) is 4.60. The van der Waals surface area contributed by atoms with Crippen molar-refractivity contribution in [3.63, 3.8) is 0 Å². The number of likely N-dealkylation sites (tertiary alicyclic amines) is 1. The van der Waals surface area contributed by atoms with Gasteiger partial charge in [0.15, 0.2) is 0 Å². The predicted octanol–water partition coefficient (Wildman–Crippen LogP) is 3.40. The number of hydrogen-bond donors (Lipinski definition) is 0. The van der Waals surface area contributed by atoms with E-state index in [0.29, 0.717) is 11.7 Å². The average molecular weight is 297 g/mol. The summed E-state index contributed by atoms with van der Waals surface area (Å²) in [5.41, 5.74) is 1.35. The van der Waals surface area contributed by atoms with E-state index in [0.717, 1.165) is 30.4 Å². The van der Waals surface area contributed by atoms with Crippen LogP contribution < -0.4 is 0 Å². The monoisotopic (exact) mass is 297 g/mol. The third-order valence-electron chi connectivity index (χ3n) is 3.74. The lowest BCUT2D eigenvalue weighted by Crippen LogP contribution is -2.44. The second-order valence-corrected chi connectivity index (χ2v) is 6.26. The van der Waals surface area contributed by atoms with Crippen LogP contribution in [0.25, 0.3) is 10.7 Å².